The standard InChI is InChI=1S/C49H30N2O2S/c1-3-11-31(12-4-1)32-21-23-35(24-22-32)51(37-25-26-40-39-17-7-8-20-44(39)54-45(40)30-37)36-16-9-15-34(29-36)38-18-10-19-41-46(38)47-42(52-41)27-28-43-48(47)50-49(53-43)33-13-5-2-6-14-33/h1-30H. The van der Waals surface area contributed by atoms with Crippen molar-refractivity contribution >= 4 is 81.6 Å². The third-order valence-corrected chi connectivity index (χ3v) is 11.4. The summed E-state index contributed by atoms with van der Waals surface area (Å²) < 4.78 is 15.3. The van der Waals surface area contributed by atoms with Crippen molar-refractivity contribution in [3.05, 3.63) is 182 Å². The molecule has 0 N–H and O–H groups in total. The van der Waals surface area contributed by atoms with Crippen LogP contribution in [-0.2, 0) is 0 Å². The molecule has 0 saturated carbocycles. The SMILES string of the molecule is c1ccc(-c2ccc(N(c3cccc(-c4cccc5oc6ccc7oc(-c8ccccc8)nc7c6c45)c3)c3ccc4c(c3)sc3ccccc34)cc2)cc1. The molecular formula is C49H30N2O2S. The minimum Gasteiger partial charge on any atom is -0.456 e. The second kappa shape index (κ2) is 12.3. The molecule has 0 fully saturated rings. The summed E-state index contributed by atoms with van der Waals surface area (Å²) in [5.74, 6) is 0.594. The molecule has 0 aliphatic carbocycles. The van der Waals surface area contributed by atoms with Gasteiger partial charge in [0.25, 0.3) is 0 Å². The zero-order chi connectivity index (χ0) is 35.6. The summed E-state index contributed by atoms with van der Waals surface area (Å²) in [6, 6.07) is 64.0. The highest BCUT2D eigenvalue weighted by Gasteiger charge is 2.21. The van der Waals surface area contributed by atoms with Crippen LogP contribution in [0.25, 0.3) is 86.9 Å². The van der Waals surface area contributed by atoms with Gasteiger partial charge in [-0.3, -0.25) is 0 Å². The van der Waals surface area contributed by atoms with E-state index in [9.17, 15) is 0 Å². The van der Waals surface area contributed by atoms with E-state index in [4.69, 9.17) is 13.8 Å². The molecule has 0 amide bonds. The third kappa shape index (κ3) is 5.01. The summed E-state index contributed by atoms with van der Waals surface area (Å²) in [5, 5.41) is 4.55. The Balaban J connectivity index is 1.09. The number of benzene rings is 8. The average Bonchev–Trinajstić information content (AvgIpc) is 3.95. The number of thiophene rings is 1. The lowest BCUT2D eigenvalue weighted by Crippen LogP contribution is -2.10. The van der Waals surface area contributed by atoms with E-state index in [2.05, 4.69) is 138 Å². The number of oxazole rings is 1. The molecule has 254 valence electrons. The zero-order valence-corrected chi connectivity index (χ0v) is 29.8. The van der Waals surface area contributed by atoms with Crippen molar-refractivity contribution in [1.29, 1.82) is 0 Å². The van der Waals surface area contributed by atoms with Gasteiger partial charge in [0.05, 0.1) is 5.39 Å². The predicted molar refractivity (Wildman–Crippen MR) is 225 cm³/mol. The van der Waals surface area contributed by atoms with Crippen molar-refractivity contribution in [3.8, 4) is 33.7 Å². The number of hydrogen-bond acceptors (Lipinski definition) is 5. The van der Waals surface area contributed by atoms with E-state index in [0.717, 1.165) is 66.8 Å². The second-order valence-electron chi connectivity index (χ2n) is 13.5. The van der Waals surface area contributed by atoms with Gasteiger partial charge in [0.2, 0.25) is 5.89 Å². The molecule has 0 unspecified atom stereocenters. The van der Waals surface area contributed by atoms with E-state index in [1.807, 2.05) is 59.9 Å². The molecule has 3 heterocycles. The van der Waals surface area contributed by atoms with Crippen LogP contribution < -0.4 is 4.90 Å². The number of furan rings is 1. The van der Waals surface area contributed by atoms with Crippen molar-refractivity contribution in [2.24, 2.45) is 0 Å². The smallest absolute Gasteiger partial charge is 0.227 e. The van der Waals surface area contributed by atoms with Crippen LogP contribution in [0.3, 0.4) is 0 Å². The first-order chi connectivity index (χ1) is 26.7. The lowest BCUT2D eigenvalue weighted by molar-refractivity contribution is 0.619. The van der Waals surface area contributed by atoms with E-state index in [0.29, 0.717) is 5.89 Å². The summed E-state index contributed by atoms with van der Waals surface area (Å²) in [6.07, 6.45) is 0. The molecule has 0 aliphatic rings. The van der Waals surface area contributed by atoms with E-state index >= 15 is 0 Å². The van der Waals surface area contributed by atoms with Gasteiger partial charge in [-0.25, -0.2) is 4.98 Å². The summed E-state index contributed by atoms with van der Waals surface area (Å²) in [5.41, 5.74) is 11.8. The maximum Gasteiger partial charge on any atom is 0.227 e. The van der Waals surface area contributed by atoms with Crippen molar-refractivity contribution < 1.29 is 8.83 Å². The zero-order valence-electron chi connectivity index (χ0n) is 28.9. The fourth-order valence-electron chi connectivity index (χ4n) is 7.79. The van der Waals surface area contributed by atoms with Gasteiger partial charge in [-0.1, -0.05) is 109 Å². The molecule has 11 rings (SSSR count). The summed E-state index contributed by atoms with van der Waals surface area (Å²) >= 11 is 1.84. The van der Waals surface area contributed by atoms with Gasteiger partial charge in [-0.05, 0) is 95.1 Å². The number of rotatable bonds is 6. The molecule has 0 radical (unpaired) electrons. The first-order valence-corrected chi connectivity index (χ1v) is 18.8. The molecule has 0 atom stereocenters. The van der Waals surface area contributed by atoms with Crippen LogP contribution in [0.1, 0.15) is 0 Å². The maximum atomic E-state index is 6.48. The number of anilines is 3. The largest absolute Gasteiger partial charge is 0.456 e. The van der Waals surface area contributed by atoms with Gasteiger partial charge in [0.15, 0.2) is 5.58 Å². The van der Waals surface area contributed by atoms with Crippen molar-refractivity contribution in [2.75, 3.05) is 4.90 Å². The van der Waals surface area contributed by atoms with Gasteiger partial charge in [0, 0.05) is 48.2 Å². The molecule has 4 nitrogen and oxygen atoms in total. The van der Waals surface area contributed by atoms with Crippen molar-refractivity contribution in [2.45, 2.75) is 0 Å². The Morgan fingerprint density at radius 2 is 1.06 bits per heavy atom. The Morgan fingerprint density at radius 1 is 0.407 bits per heavy atom. The number of nitrogens with zero attached hydrogens (tertiary/aromatic N) is 2. The molecule has 0 saturated heterocycles. The molecule has 54 heavy (non-hydrogen) atoms. The Kier molecular flexibility index (Phi) is 7.00. The molecule has 3 aromatic heterocycles. The lowest BCUT2D eigenvalue weighted by Gasteiger charge is -2.26. The first-order valence-electron chi connectivity index (χ1n) is 18.0. The fraction of sp³-hybridized carbons (Fsp3) is 0. The molecule has 0 bridgehead atoms. The van der Waals surface area contributed by atoms with Gasteiger partial charge in [-0.2, -0.15) is 0 Å². The van der Waals surface area contributed by atoms with Gasteiger partial charge < -0.3 is 13.7 Å². The molecule has 8 aromatic carbocycles. The predicted octanol–water partition coefficient (Wildman–Crippen LogP) is 14.6. The van der Waals surface area contributed by atoms with E-state index in [-0.39, 0.29) is 0 Å². The number of aromatic nitrogens is 1. The average molecular weight is 711 g/mol. The number of fused-ring (bicyclic) bond motifs is 8. The normalized spacial score (nSPS) is 11.7. The highest BCUT2D eigenvalue weighted by molar-refractivity contribution is 7.25. The fourth-order valence-corrected chi connectivity index (χ4v) is 8.93. The maximum absolute atomic E-state index is 6.48. The van der Waals surface area contributed by atoms with Crippen molar-refractivity contribution in [3.63, 3.8) is 0 Å². The minimum absolute atomic E-state index is 0.594. The molecule has 0 spiro atoms. The second-order valence-corrected chi connectivity index (χ2v) is 14.6. The van der Waals surface area contributed by atoms with Crippen LogP contribution in [0.4, 0.5) is 17.1 Å². The quantitative estimate of drug-likeness (QED) is 0.172. The molecular weight excluding hydrogens is 681 g/mol. The Labute approximate surface area is 314 Å². The van der Waals surface area contributed by atoms with Gasteiger partial charge in [0.1, 0.15) is 16.7 Å². The molecule has 0 aliphatic heterocycles. The monoisotopic (exact) mass is 710 g/mol. The van der Waals surface area contributed by atoms with E-state index in [1.165, 1.54) is 31.3 Å². The number of hydrogen-bond donors (Lipinski definition) is 0. The van der Waals surface area contributed by atoms with E-state index in [1.54, 1.807) is 0 Å². The van der Waals surface area contributed by atoms with Gasteiger partial charge in [-0.15, -0.1) is 11.3 Å². The van der Waals surface area contributed by atoms with Crippen LogP contribution >= 0.6 is 11.3 Å². The van der Waals surface area contributed by atoms with Crippen LogP contribution in [0.2, 0.25) is 0 Å². The molecule has 5 heteroatoms. The summed E-state index contributed by atoms with van der Waals surface area (Å²) in [6.45, 7) is 0. The van der Waals surface area contributed by atoms with Gasteiger partial charge >= 0.3 is 0 Å². The summed E-state index contributed by atoms with van der Waals surface area (Å²) in [7, 11) is 0. The molecule has 11 aromatic rings. The highest BCUT2D eigenvalue weighted by atomic mass is 32.1. The van der Waals surface area contributed by atoms with Crippen LogP contribution in [-0.4, -0.2) is 4.98 Å². The topological polar surface area (TPSA) is 42.4 Å². The lowest BCUT2D eigenvalue weighted by atomic mass is 9.98. The third-order valence-electron chi connectivity index (χ3n) is 10.3. The Hall–Kier alpha value is -6.95. The highest BCUT2D eigenvalue weighted by Crippen LogP contribution is 2.44. The summed E-state index contributed by atoms with van der Waals surface area (Å²) in [4.78, 5) is 7.39. The van der Waals surface area contributed by atoms with Crippen LogP contribution in [0, 0.1) is 0 Å². The van der Waals surface area contributed by atoms with Crippen LogP contribution in [0.5, 0.6) is 0 Å². The Bertz CT molecular complexity index is 3160. The Morgan fingerprint density at radius 3 is 1.91 bits per heavy atom. The van der Waals surface area contributed by atoms with Crippen LogP contribution in [0.15, 0.2) is 191 Å². The van der Waals surface area contributed by atoms with Crippen molar-refractivity contribution in [1.82, 2.24) is 4.98 Å². The van der Waals surface area contributed by atoms with E-state index < -0.39 is 0 Å². The minimum atomic E-state index is 0.594. The first kappa shape index (κ1) is 30.7.